The van der Waals surface area contributed by atoms with Crippen LogP contribution >= 0.6 is 0 Å². The van der Waals surface area contributed by atoms with Crippen LogP contribution in [0.4, 0.5) is 0 Å². The van der Waals surface area contributed by atoms with Crippen molar-refractivity contribution < 1.29 is 0 Å². The standard InChI is InChI=1S/C12H21N5/c1-9-14-15-12(16(9)2)8-17-6-10-4-3-5-13-11(10)7-17/h10-11,13H,3-8H2,1-2H3. The van der Waals surface area contributed by atoms with E-state index in [1.165, 1.54) is 25.9 Å². The van der Waals surface area contributed by atoms with Crippen molar-refractivity contribution in [2.45, 2.75) is 32.4 Å². The van der Waals surface area contributed by atoms with Gasteiger partial charge in [0.15, 0.2) is 0 Å². The number of hydrogen-bond acceptors (Lipinski definition) is 4. The van der Waals surface area contributed by atoms with Crippen molar-refractivity contribution in [3.05, 3.63) is 11.6 Å². The van der Waals surface area contributed by atoms with Gasteiger partial charge in [-0.05, 0) is 32.2 Å². The first-order chi connectivity index (χ1) is 8.24. The largest absolute Gasteiger partial charge is 0.317 e. The lowest BCUT2D eigenvalue weighted by atomic mass is 9.94. The summed E-state index contributed by atoms with van der Waals surface area (Å²) in [5.74, 6) is 2.92. The van der Waals surface area contributed by atoms with Gasteiger partial charge in [-0.15, -0.1) is 10.2 Å². The van der Waals surface area contributed by atoms with Crippen LogP contribution in [0.15, 0.2) is 0 Å². The molecule has 0 saturated carbocycles. The lowest BCUT2D eigenvalue weighted by Crippen LogP contribution is -2.40. The van der Waals surface area contributed by atoms with E-state index in [1.54, 1.807) is 0 Å². The van der Waals surface area contributed by atoms with E-state index in [0.29, 0.717) is 6.04 Å². The van der Waals surface area contributed by atoms with Crippen molar-refractivity contribution in [2.24, 2.45) is 13.0 Å². The van der Waals surface area contributed by atoms with Gasteiger partial charge in [0.25, 0.3) is 0 Å². The normalized spacial score (nSPS) is 29.5. The van der Waals surface area contributed by atoms with Crippen molar-refractivity contribution >= 4 is 0 Å². The summed E-state index contributed by atoms with van der Waals surface area (Å²) in [5.41, 5.74) is 0. The molecule has 2 fully saturated rings. The minimum Gasteiger partial charge on any atom is -0.317 e. The van der Waals surface area contributed by atoms with Crippen LogP contribution in [0.3, 0.4) is 0 Å². The Morgan fingerprint density at radius 1 is 1.35 bits per heavy atom. The number of likely N-dealkylation sites (tertiary alicyclic amines) is 1. The molecule has 3 heterocycles. The van der Waals surface area contributed by atoms with Gasteiger partial charge >= 0.3 is 0 Å². The van der Waals surface area contributed by atoms with Gasteiger partial charge in [0.2, 0.25) is 0 Å². The molecule has 0 bridgehead atoms. The predicted molar refractivity (Wildman–Crippen MR) is 65.5 cm³/mol. The van der Waals surface area contributed by atoms with E-state index in [1.807, 2.05) is 14.0 Å². The van der Waals surface area contributed by atoms with Crippen LogP contribution in [-0.4, -0.2) is 45.3 Å². The van der Waals surface area contributed by atoms with E-state index in [9.17, 15) is 0 Å². The van der Waals surface area contributed by atoms with Crippen molar-refractivity contribution in [2.75, 3.05) is 19.6 Å². The Balaban J connectivity index is 1.65. The summed E-state index contributed by atoms with van der Waals surface area (Å²) < 4.78 is 2.09. The molecule has 2 saturated heterocycles. The van der Waals surface area contributed by atoms with Crippen LogP contribution < -0.4 is 5.32 Å². The third-order valence-electron chi connectivity index (χ3n) is 4.22. The highest BCUT2D eigenvalue weighted by atomic mass is 15.3. The SMILES string of the molecule is Cc1nnc(CN2CC3CCCNC3C2)n1C. The molecule has 1 N–H and O–H groups in total. The first kappa shape index (κ1) is 11.2. The molecule has 5 heteroatoms. The third kappa shape index (κ3) is 2.09. The molecule has 0 spiro atoms. The highest BCUT2D eigenvalue weighted by molar-refractivity contribution is 4.97. The van der Waals surface area contributed by atoms with Gasteiger partial charge in [0.1, 0.15) is 11.6 Å². The summed E-state index contributed by atoms with van der Waals surface area (Å²) >= 11 is 0. The molecule has 1 aromatic heterocycles. The molecule has 2 aliphatic rings. The summed E-state index contributed by atoms with van der Waals surface area (Å²) in [6.07, 6.45) is 2.71. The van der Waals surface area contributed by atoms with E-state index in [-0.39, 0.29) is 0 Å². The van der Waals surface area contributed by atoms with Gasteiger partial charge < -0.3 is 9.88 Å². The van der Waals surface area contributed by atoms with Crippen molar-refractivity contribution in [3.8, 4) is 0 Å². The van der Waals surface area contributed by atoms with Gasteiger partial charge in [-0.2, -0.15) is 0 Å². The van der Waals surface area contributed by atoms with Crippen molar-refractivity contribution in [1.82, 2.24) is 25.0 Å². The topological polar surface area (TPSA) is 46.0 Å². The smallest absolute Gasteiger partial charge is 0.146 e. The fraction of sp³-hybridized carbons (Fsp3) is 0.833. The van der Waals surface area contributed by atoms with E-state index in [2.05, 4.69) is 25.0 Å². The zero-order valence-corrected chi connectivity index (χ0v) is 10.7. The summed E-state index contributed by atoms with van der Waals surface area (Å²) in [7, 11) is 2.05. The number of rotatable bonds is 2. The summed E-state index contributed by atoms with van der Waals surface area (Å²) in [6.45, 7) is 6.51. The van der Waals surface area contributed by atoms with E-state index in [4.69, 9.17) is 0 Å². The second-order valence-electron chi connectivity index (χ2n) is 5.38. The molecule has 0 amide bonds. The van der Waals surface area contributed by atoms with Crippen LogP contribution in [0.2, 0.25) is 0 Å². The monoisotopic (exact) mass is 235 g/mol. The maximum absolute atomic E-state index is 4.25. The second-order valence-corrected chi connectivity index (χ2v) is 5.38. The van der Waals surface area contributed by atoms with Crippen LogP contribution in [0, 0.1) is 12.8 Å². The summed E-state index contributed by atoms with van der Waals surface area (Å²) in [6, 6.07) is 0.707. The highest BCUT2D eigenvalue weighted by Gasteiger charge is 2.34. The van der Waals surface area contributed by atoms with E-state index >= 15 is 0 Å². The molecule has 0 radical (unpaired) electrons. The maximum Gasteiger partial charge on any atom is 0.146 e. The fourth-order valence-electron chi connectivity index (χ4n) is 3.05. The molecule has 2 atom stereocenters. The average molecular weight is 235 g/mol. The Kier molecular flexibility index (Phi) is 2.88. The Morgan fingerprint density at radius 3 is 2.94 bits per heavy atom. The van der Waals surface area contributed by atoms with Gasteiger partial charge in [0.05, 0.1) is 6.54 Å². The number of aryl methyl sites for hydroxylation is 1. The summed E-state index contributed by atoms with van der Waals surface area (Å²) in [4.78, 5) is 2.51. The quantitative estimate of drug-likeness (QED) is 0.801. The van der Waals surface area contributed by atoms with E-state index in [0.717, 1.165) is 30.7 Å². The maximum atomic E-state index is 4.25. The fourth-order valence-corrected chi connectivity index (χ4v) is 3.05. The molecule has 0 aliphatic carbocycles. The van der Waals surface area contributed by atoms with Crippen LogP contribution in [0.5, 0.6) is 0 Å². The number of hydrogen-bond donors (Lipinski definition) is 1. The predicted octanol–water partition coefficient (Wildman–Crippen LogP) is 0.307. The lowest BCUT2D eigenvalue weighted by molar-refractivity contribution is 0.301. The van der Waals surface area contributed by atoms with Crippen LogP contribution in [-0.2, 0) is 13.6 Å². The molecule has 94 valence electrons. The Hall–Kier alpha value is -0.940. The van der Waals surface area contributed by atoms with Gasteiger partial charge in [-0.1, -0.05) is 0 Å². The van der Waals surface area contributed by atoms with Gasteiger partial charge in [-0.3, -0.25) is 4.90 Å². The van der Waals surface area contributed by atoms with Crippen LogP contribution in [0.1, 0.15) is 24.5 Å². The molecule has 17 heavy (non-hydrogen) atoms. The first-order valence-corrected chi connectivity index (χ1v) is 6.54. The molecule has 0 aromatic carbocycles. The molecular formula is C12H21N5. The van der Waals surface area contributed by atoms with Crippen molar-refractivity contribution in [3.63, 3.8) is 0 Å². The molecule has 3 rings (SSSR count). The minimum absolute atomic E-state index is 0.707. The molecule has 1 aromatic rings. The number of aromatic nitrogens is 3. The Morgan fingerprint density at radius 2 is 2.24 bits per heavy atom. The molecule has 2 unspecified atom stereocenters. The zero-order chi connectivity index (χ0) is 11.8. The Labute approximate surface area is 102 Å². The molecular weight excluding hydrogens is 214 g/mol. The number of nitrogens with one attached hydrogen (secondary N) is 1. The minimum atomic E-state index is 0.707. The number of fused-ring (bicyclic) bond motifs is 1. The summed E-state index contributed by atoms with van der Waals surface area (Å²) in [5, 5.41) is 12.0. The highest BCUT2D eigenvalue weighted by Crippen LogP contribution is 2.25. The zero-order valence-electron chi connectivity index (χ0n) is 10.7. The van der Waals surface area contributed by atoms with Crippen LogP contribution in [0.25, 0.3) is 0 Å². The Bertz CT molecular complexity index is 386. The molecule has 5 nitrogen and oxygen atoms in total. The van der Waals surface area contributed by atoms with Crippen molar-refractivity contribution in [1.29, 1.82) is 0 Å². The average Bonchev–Trinajstić information content (AvgIpc) is 2.87. The number of piperidine rings is 1. The third-order valence-corrected chi connectivity index (χ3v) is 4.22. The van der Waals surface area contributed by atoms with Gasteiger partial charge in [0, 0.05) is 26.2 Å². The first-order valence-electron chi connectivity index (χ1n) is 6.54. The molecule has 2 aliphatic heterocycles. The van der Waals surface area contributed by atoms with E-state index < -0.39 is 0 Å². The van der Waals surface area contributed by atoms with Gasteiger partial charge in [-0.25, -0.2) is 0 Å². The lowest BCUT2D eigenvalue weighted by Gasteiger charge is -2.24. The number of nitrogens with zero attached hydrogens (tertiary/aromatic N) is 4. The second kappa shape index (κ2) is 4.38.